The van der Waals surface area contributed by atoms with Crippen molar-refractivity contribution in [3.63, 3.8) is 0 Å². The van der Waals surface area contributed by atoms with Gasteiger partial charge in [0.15, 0.2) is 5.03 Å². The molecule has 9 heavy (non-hydrogen) atoms. The summed E-state index contributed by atoms with van der Waals surface area (Å²) in [5, 5.41) is 7.83. The second-order valence-electron chi connectivity index (χ2n) is 1.20. The highest BCUT2D eigenvalue weighted by atomic mass is 35.5. The first-order valence-corrected chi connectivity index (χ1v) is 2.77. The highest BCUT2D eigenvalue weighted by Gasteiger charge is 2.05. The minimum atomic E-state index is -0.707. The number of hydrogen-bond acceptors (Lipinski definition) is 3. The van der Waals surface area contributed by atoms with Crippen LogP contribution in [0.3, 0.4) is 0 Å². The molecule has 0 rings (SSSR count). The lowest BCUT2D eigenvalue weighted by Crippen LogP contribution is -2.03. The molecule has 0 aromatic carbocycles. The second kappa shape index (κ2) is 4.21. The molecular formula is C5H7ClO3. The Morgan fingerprint density at radius 2 is 2.44 bits per heavy atom. The lowest BCUT2D eigenvalue weighted by Gasteiger charge is -1.95. The lowest BCUT2D eigenvalue weighted by molar-refractivity contribution is -0.137. The molecule has 0 saturated carbocycles. The zero-order valence-electron chi connectivity index (χ0n) is 4.93. The Kier molecular flexibility index (Phi) is 3.88. The number of carbonyl (C=O) groups is 1. The van der Waals surface area contributed by atoms with E-state index in [1.54, 1.807) is 6.92 Å². The average molecular weight is 151 g/mol. The minimum Gasteiger partial charge on any atom is -0.514 e. The largest absolute Gasteiger partial charge is 0.514 e. The third kappa shape index (κ3) is 2.98. The number of rotatable bonds is 2. The van der Waals surface area contributed by atoms with Crippen LogP contribution in [0.5, 0.6) is 0 Å². The fourth-order valence-corrected chi connectivity index (χ4v) is 0.307. The van der Waals surface area contributed by atoms with Crippen molar-refractivity contribution in [2.75, 3.05) is 6.61 Å². The van der Waals surface area contributed by atoms with E-state index in [1.807, 2.05) is 0 Å². The van der Waals surface area contributed by atoms with Crippen molar-refractivity contribution in [3.05, 3.63) is 11.3 Å². The van der Waals surface area contributed by atoms with Crippen LogP contribution >= 0.6 is 11.6 Å². The second-order valence-corrected chi connectivity index (χ2v) is 1.60. The normalized spacial score (nSPS) is 11.1. The monoisotopic (exact) mass is 150 g/mol. The number of hydrogen-bond donors (Lipinski definition) is 1. The number of aliphatic hydroxyl groups excluding tert-OH is 1. The van der Waals surface area contributed by atoms with Crippen molar-refractivity contribution >= 4 is 17.6 Å². The molecule has 0 fully saturated rings. The maximum atomic E-state index is 10.4. The summed E-state index contributed by atoms with van der Waals surface area (Å²) in [6.07, 6.45) is 0.500. The molecule has 0 aromatic rings. The van der Waals surface area contributed by atoms with E-state index in [2.05, 4.69) is 4.74 Å². The molecule has 3 nitrogen and oxygen atoms in total. The summed E-state index contributed by atoms with van der Waals surface area (Å²) < 4.78 is 4.40. The molecule has 0 saturated heterocycles. The summed E-state index contributed by atoms with van der Waals surface area (Å²) in [5.41, 5.74) is 0. The van der Waals surface area contributed by atoms with Crippen molar-refractivity contribution in [2.45, 2.75) is 6.92 Å². The first kappa shape index (κ1) is 8.30. The molecule has 4 heteroatoms. The summed E-state index contributed by atoms with van der Waals surface area (Å²) in [4.78, 5) is 10.4. The van der Waals surface area contributed by atoms with Gasteiger partial charge in [0.2, 0.25) is 0 Å². The van der Waals surface area contributed by atoms with Crippen molar-refractivity contribution in [1.29, 1.82) is 0 Å². The Bertz CT molecular complexity index is 130. The van der Waals surface area contributed by atoms with Gasteiger partial charge in [-0.1, -0.05) is 11.6 Å². The van der Waals surface area contributed by atoms with Crippen LogP contribution in [0, 0.1) is 0 Å². The van der Waals surface area contributed by atoms with E-state index >= 15 is 0 Å². The number of carbonyl (C=O) groups excluding carboxylic acids is 1. The summed E-state index contributed by atoms with van der Waals surface area (Å²) >= 11 is 5.13. The summed E-state index contributed by atoms with van der Waals surface area (Å²) in [6, 6.07) is 0. The van der Waals surface area contributed by atoms with Crippen molar-refractivity contribution < 1.29 is 14.6 Å². The van der Waals surface area contributed by atoms with Crippen molar-refractivity contribution in [1.82, 2.24) is 0 Å². The third-order valence-electron chi connectivity index (χ3n) is 0.584. The van der Waals surface area contributed by atoms with Gasteiger partial charge in [-0.3, -0.25) is 0 Å². The summed E-state index contributed by atoms with van der Waals surface area (Å²) in [6.45, 7) is 1.91. The van der Waals surface area contributed by atoms with E-state index in [0.29, 0.717) is 6.26 Å². The zero-order valence-corrected chi connectivity index (χ0v) is 5.68. The standard InChI is InChI=1S/C5H7ClO3/c1-2-9-5(8)4(6)3-7/h3,7H,2H2,1H3/b4-3-. The van der Waals surface area contributed by atoms with Gasteiger partial charge in [0.1, 0.15) is 6.26 Å². The number of ether oxygens (including phenoxy) is 1. The molecule has 0 spiro atoms. The first-order chi connectivity index (χ1) is 4.22. The molecule has 0 aliphatic heterocycles. The SMILES string of the molecule is CCOC(=O)/C(Cl)=C/O. The van der Waals surface area contributed by atoms with Gasteiger partial charge < -0.3 is 9.84 Å². The number of aliphatic hydroxyl groups is 1. The molecule has 0 radical (unpaired) electrons. The Labute approximate surface area is 57.9 Å². The van der Waals surface area contributed by atoms with E-state index in [0.717, 1.165) is 0 Å². The van der Waals surface area contributed by atoms with Crippen LogP contribution in [-0.2, 0) is 9.53 Å². The van der Waals surface area contributed by atoms with Gasteiger partial charge in [-0.25, -0.2) is 4.79 Å². The first-order valence-electron chi connectivity index (χ1n) is 2.39. The maximum absolute atomic E-state index is 10.4. The quantitative estimate of drug-likeness (QED) is 0.365. The van der Waals surface area contributed by atoms with Crippen molar-refractivity contribution in [2.24, 2.45) is 0 Å². The molecule has 0 amide bonds. The molecule has 1 N–H and O–H groups in total. The zero-order chi connectivity index (χ0) is 7.28. The van der Waals surface area contributed by atoms with Gasteiger partial charge in [0.05, 0.1) is 6.61 Å². The van der Waals surface area contributed by atoms with Gasteiger partial charge in [-0.15, -0.1) is 0 Å². The predicted octanol–water partition coefficient (Wildman–Crippen LogP) is 1.19. The van der Waals surface area contributed by atoms with Gasteiger partial charge >= 0.3 is 5.97 Å². The molecular weight excluding hydrogens is 144 g/mol. The van der Waals surface area contributed by atoms with E-state index in [9.17, 15) is 4.79 Å². The summed E-state index contributed by atoms with van der Waals surface area (Å²) in [7, 11) is 0. The van der Waals surface area contributed by atoms with Gasteiger partial charge in [-0.05, 0) is 6.92 Å². The Morgan fingerprint density at radius 3 is 2.78 bits per heavy atom. The molecule has 0 aromatic heterocycles. The Balaban J connectivity index is 3.74. The van der Waals surface area contributed by atoms with Crippen LogP contribution in [0.2, 0.25) is 0 Å². The average Bonchev–Trinajstić information content (AvgIpc) is 1.87. The minimum absolute atomic E-state index is 0.253. The molecule has 0 heterocycles. The van der Waals surface area contributed by atoms with Crippen LogP contribution in [0.15, 0.2) is 11.3 Å². The smallest absolute Gasteiger partial charge is 0.352 e. The van der Waals surface area contributed by atoms with Crippen LogP contribution in [0.1, 0.15) is 6.92 Å². The van der Waals surface area contributed by atoms with Crippen LogP contribution in [0.4, 0.5) is 0 Å². The molecule has 0 bridgehead atoms. The van der Waals surface area contributed by atoms with Gasteiger partial charge in [0.25, 0.3) is 0 Å². The fourth-order valence-electron chi connectivity index (χ4n) is 0.253. The van der Waals surface area contributed by atoms with Gasteiger partial charge in [0, 0.05) is 0 Å². The van der Waals surface area contributed by atoms with Crippen LogP contribution in [0.25, 0.3) is 0 Å². The molecule has 0 unspecified atom stereocenters. The van der Waals surface area contributed by atoms with E-state index in [-0.39, 0.29) is 11.6 Å². The van der Waals surface area contributed by atoms with Gasteiger partial charge in [-0.2, -0.15) is 0 Å². The van der Waals surface area contributed by atoms with E-state index in [1.165, 1.54) is 0 Å². The maximum Gasteiger partial charge on any atom is 0.352 e. The molecule has 0 atom stereocenters. The van der Waals surface area contributed by atoms with E-state index < -0.39 is 5.97 Å². The molecule has 52 valence electrons. The fraction of sp³-hybridized carbons (Fsp3) is 0.400. The summed E-state index contributed by atoms with van der Waals surface area (Å²) in [5.74, 6) is -0.707. The lowest BCUT2D eigenvalue weighted by atomic mass is 10.6. The molecule has 0 aliphatic rings. The topological polar surface area (TPSA) is 46.5 Å². The van der Waals surface area contributed by atoms with Crippen molar-refractivity contribution in [3.8, 4) is 0 Å². The van der Waals surface area contributed by atoms with Crippen LogP contribution < -0.4 is 0 Å². The Morgan fingerprint density at radius 1 is 1.89 bits per heavy atom. The third-order valence-corrected chi connectivity index (χ3v) is 0.836. The highest BCUT2D eigenvalue weighted by molar-refractivity contribution is 6.41. The highest BCUT2D eigenvalue weighted by Crippen LogP contribution is 2.01. The Hall–Kier alpha value is -0.700. The number of esters is 1. The van der Waals surface area contributed by atoms with E-state index in [4.69, 9.17) is 16.7 Å². The predicted molar refractivity (Wildman–Crippen MR) is 33.2 cm³/mol. The van der Waals surface area contributed by atoms with Crippen LogP contribution in [-0.4, -0.2) is 17.7 Å². The molecule has 0 aliphatic carbocycles. The number of halogens is 1.